The number of hydrazone groups is 1. The minimum absolute atomic E-state index is 0.114. The lowest BCUT2D eigenvalue weighted by molar-refractivity contribution is 0.0929. The highest BCUT2D eigenvalue weighted by molar-refractivity contribution is 9.10. The number of hydrogen-bond acceptors (Lipinski definition) is 4. The number of nitrogens with one attached hydrogen (secondary N) is 1. The van der Waals surface area contributed by atoms with Crippen molar-refractivity contribution in [3.05, 3.63) is 98.4 Å². The van der Waals surface area contributed by atoms with Gasteiger partial charge < -0.3 is 9.15 Å². The van der Waals surface area contributed by atoms with E-state index in [0.29, 0.717) is 21.4 Å². The fourth-order valence-corrected chi connectivity index (χ4v) is 3.72. The van der Waals surface area contributed by atoms with Crippen molar-refractivity contribution in [3.8, 4) is 5.75 Å². The number of furan rings is 1. The summed E-state index contributed by atoms with van der Waals surface area (Å²) in [4.78, 5) is 12.3. The highest BCUT2D eigenvalue weighted by Gasteiger charge is 2.12. The summed E-state index contributed by atoms with van der Waals surface area (Å²) in [5.74, 6) is -0.0242. The molecule has 0 bridgehead atoms. The van der Waals surface area contributed by atoms with Crippen LogP contribution in [-0.2, 0) is 6.61 Å². The molecule has 156 valence electrons. The number of hydrogen-bond donors (Lipinski definition) is 1. The Morgan fingerprint density at radius 3 is 2.74 bits per heavy atom. The van der Waals surface area contributed by atoms with Gasteiger partial charge in [0.25, 0.3) is 0 Å². The van der Waals surface area contributed by atoms with Crippen molar-refractivity contribution in [1.29, 1.82) is 0 Å². The van der Waals surface area contributed by atoms with Crippen LogP contribution in [-0.4, -0.2) is 12.1 Å². The fourth-order valence-electron chi connectivity index (χ4n) is 2.83. The van der Waals surface area contributed by atoms with Gasteiger partial charge in [-0.15, -0.1) is 0 Å². The van der Waals surface area contributed by atoms with Crippen LogP contribution in [0.3, 0.4) is 0 Å². The molecule has 1 aromatic heterocycles. The molecule has 4 aromatic rings. The van der Waals surface area contributed by atoms with Gasteiger partial charge in [0.15, 0.2) is 5.76 Å². The molecule has 4 rings (SSSR count). The average Bonchev–Trinajstić information content (AvgIpc) is 3.17. The summed E-state index contributed by atoms with van der Waals surface area (Å²) in [7, 11) is 0. The van der Waals surface area contributed by atoms with Gasteiger partial charge in [-0.05, 0) is 70.0 Å². The van der Waals surface area contributed by atoms with Crippen LogP contribution in [0.1, 0.15) is 21.7 Å². The zero-order valence-corrected chi connectivity index (χ0v) is 19.1. The molecule has 3 aromatic carbocycles. The fraction of sp³-hybridized carbons (Fsp3) is 0.0435. The van der Waals surface area contributed by atoms with E-state index >= 15 is 0 Å². The first kappa shape index (κ1) is 21.3. The zero-order valence-electron chi connectivity index (χ0n) is 15.9. The molecule has 0 aliphatic carbocycles. The number of fused-ring (bicyclic) bond motifs is 1. The second-order valence-corrected chi connectivity index (χ2v) is 8.33. The van der Waals surface area contributed by atoms with Crippen LogP contribution in [0, 0.1) is 5.82 Å². The molecule has 1 amide bonds. The summed E-state index contributed by atoms with van der Waals surface area (Å²) in [5.41, 5.74) is 4.27. The summed E-state index contributed by atoms with van der Waals surface area (Å²) in [5, 5.41) is 4.79. The van der Waals surface area contributed by atoms with Crippen molar-refractivity contribution < 1.29 is 18.3 Å². The van der Waals surface area contributed by atoms with E-state index in [2.05, 4.69) is 42.4 Å². The summed E-state index contributed by atoms with van der Waals surface area (Å²) >= 11 is 6.82. The number of halogens is 3. The van der Waals surface area contributed by atoms with Crippen LogP contribution in [0.25, 0.3) is 11.0 Å². The topological polar surface area (TPSA) is 63.8 Å². The molecule has 1 N–H and O–H groups in total. The highest BCUT2D eigenvalue weighted by atomic mass is 79.9. The van der Waals surface area contributed by atoms with Crippen molar-refractivity contribution in [1.82, 2.24) is 5.43 Å². The molecule has 0 saturated heterocycles. The molecular weight excluding hydrogens is 531 g/mol. The molecule has 0 fully saturated rings. The van der Waals surface area contributed by atoms with Gasteiger partial charge in [-0.2, -0.15) is 5.10 Å². The molecule has 8 heteroatoms. The maximum atomic E-state index is 13.7. The standard InChI is InChI=1S/C23H15Br2FN2O3/c24-17-6-8-20-16(10-17)11-22(31-20)23(29)28-27-12-14-5-7-21(18(25)9-14)30-13-15-3-1-2-4-19(15)26/h1-12H,13H2,(H,28,29)/b27-12+. The quantitative estimate of drug-likeness (QED) is 0.224. The Morgan fingerprint density at radius 1 is 1.10 bits per heavy atom. The van der Waals surface area contributed by atoms with Gasteiger partial charge in [-0.1, -0.05) is 34.1 Å². The first-order valence-electron chi connectivity index (χ1n) is 9.18. The van der Waals surface area contributed by atoms with Gasteiger partial charge in [-0.25, -0.2) is 9.82 Å². The molecule has 0 spiro atoms. The van der Waals surface area contributed by atoms with Gasteiger partial charge in [0, 0.05) is 15.4 Å². The number of rotatable bonds is 6. The van der Waals surface area contributed by atoms with E-state index in [1.165, 1.54) is 12.3 Å². The monoisotopic (exact) mass is 544 g/mol. The van der Waals surface area contributed by atoms with Crippen LogP contribution in [0.15, 0.2) is 85.2 Å². The number of amides is 1. The molecule has 1 heterocycles. The van der Waals surface area contributed by atoms with Crippen LogP contribution < -0.4 is 10.2 Å². The Balaban J connectivity index is 1.37. The third-order valence-corrected chi connectivity index (χ3v) is 5.49. The largest absolute Gasteiger partial charge is 0.488 e. The van der Waals surface area contributed by atoms with Gasteiger partial charge in [0.2, 0.25) is 0 Å². The molecule has 0 aliphatic heterocycles. The maximum Gasteiger partial charge on any atom is 0.307 e. The molecule has 0 atom stereocenters. The molecule has 0 aliphatic rings. The van der Waals surface area contributed by atoms with E-state index in [0.717, 1.165) is 15.4 Å². The molecule has 0 unspecified atom stereocenters. The minimum atomic E-state index is -0.451. The Hall–Kier alpha value is -2.97. The van der Waals surface area contributed by atoms with Crippen LogP contribution in [0.2, 0.25) is 0 Å². The lowest BCUT2D eigenvalue weighted by atomic mass is 10.2. The van der Waals surface area contributed by atoms with Crippen LogP contribution in [0.4, 0.5) is 4.39 Å². The van der Waals surface area contributed by atoms with E-state index in [1.807, 2.05) is 12.1 Å². The third kappa shape index (κ3) is 5.21. The van der Waals surface area contributed by atoms with Crippen LogP contribution >= 0.6 is 31.9 Å². The summed E-state index contributed by atoms with van der Waals surface area (Å²) in [6, 6.07) is 18.9. The van der Waals surface area contributed by atoms with E-state index in [9.17, 15) is 9.18 Å². The number of benzene rings is 3. The second-order valence-electron chi connectivity index (χ2n) is 6.56. The average molecular weight is 546 g/mol. The molecular formula is C23H15Br2FN2O3. The molecule has 0 saturated carbocycles. The van der Waals surface area contributed by atoms with Crippen molar-refractivity contribution >= 4 is 55.0 Å². The lowest BCUT2D eigenvalue weighted by Gasteiger charge is -2.09. The van der Waals surface area contributed by atoms with E-state index in [-0.39, 0.29) is 18.2 Å². The van der Waals surface area contributed by atoms with Crippen molar-refractivity contribution in [3.63, 3.8) is 0 Å². The van der Waals surface area contributed by atoms with Crippen molar-refractivity contribution in [2.24, 2.45) is 5.10 Å². The van der Waals surface area contributed by atoms with Gasteiger partial charge in [0.1, 0.15) is 23.8 Å². The third-order valence-electron chi connectivity index (χ3n) is 4.38. The Bertz CT molecular complexity index is 1290. The first-order valence-corrected chi connectivity index (χ1v) is 10.8. The first-order chi connectivity index (χ1) is 15.0. The number of nitrogens with zero attached hydrogens (tertiary/aromatic N) is 1. The number of ether oxygens (including phenoxy) is 1. The smallest absolute Gasteiger partial charge is 0.307 e. The highest BCUT2D eigenvalue weighted by Crippen LogP contribution is 2.27. The predicted octanol–water partition coefficient (Wildman–Crippen LogP) is 6.44. The Morgan fingerprint density at radius 2 is 1.94 bits per heavy atom. The summed E-state index contributed by atoms with van der Waals surface area (Å²) in [6.07, 6.45) is 1.50. The van der Waals surface area contributed by atoms with E-state index in [1.54, 1.807) is 48.5 Å². The number of carbonyl (C=O) groups excluding carboxylic acids is 1. The van der Waals surface area contributed by atoms with Crippen molar-refractivity contribution in [2.75, 3.05) is 0 Å². The van der Waals surface area contributed by atoms with E-state index < -0.39 is 5.91 Å². The second kappa shape index (κ2) is 9.45. The summed E-state index contributed by atoms with van der Waals surface area (Å²) in [6.45, 7) is 0.114. The van der Waals surface area contributed by atoms with Gasteiger partial charge in [-0.3, -0.25) is 4.79 Å². The maximum absolute atomic E-state index is 13.7. The van der Waals surface area contributed by atoms with Gasteiger partial charge >= 0.3 is 5.91 Å². The Kier molecular flexibility index (Phi) is 6.48. The molecule has 5 nitrogen and oxygen atoms in total. The normalized spacial score (nSPS) is 11.2. The SMILES string of the molecule is O=C(N/N=C/c1ccc(OCc2ccccc2F)c(Br)c1)c1cc2cc(Br)ccc2o1. The molecule has 0 radical (unpaired) electrons. The zero-order chi connectivity index (χ0) is 21.8. The number of carbonyl (C=O) groups is 1. The van der Waals surface area contributed by atoms with E-state index in [4.69, 9.17) is 9.15 Å². The minimum Gasteiger partial charge on any atom is -0.488 e. The van der Waals surface area contributed by atoms with Crippen molar-refractivity contribution in [2.45, 2.75) is 6.61 Å². The van der Waals surface area contributed by atoms with Gasteiger partial charge in [0.05, 0.1) is 10.7 Å². The molecule has 31 heavy (non-hydrogen) atoms. The van der Waals surface area contributed by atoms with Crippen LogP contribution in [0.5, 0.6) is 5.75 Å². The lowest BCUT2D eigenvalue weighted by Crippen LogP contribution is -2.16. The Labute approximate surface area is 194 Å². The summed E-state index contributed by atoms with van der Waals surface area (Å²) < 4.78 is 26.5. The predicted molar refractivity (Wildman–Crippen MR) is 124 cm³/mol.